The molecular weight excluding hydrogens is 370 g/mol. The van der Waals surface area contributed by atoms with E-state index in [1.807, 2.05) is 36.4 Å². The predicted molar refractivity (Wildman–Crippen MR) is 96.3 cm³/mol. The zero-order valence-corrected chi connectivity index (χ0v) is 14.0. The summed E-state index contributed by atoms with van der Waals surface area (Å²) in [5.41, 5.74) is 2.16. The largest absolute Gasteiger partial charge is 0.508 e. The number of nitrogens with zero attached hydrogens (tertiary/aromatic N) is 2. The van der Waals surface area contributed by atoms with Crippen LogP contribution in [0.1, 0.15) is 0 Å². The number of aromatic nitrogens is 2. The highest BCUT2D eigenvalue weighted by Crippen LogP contribution is 2.40. The summed E-state index contributed by atoms with van der Waals surface area (Å²) >= 11 is 3.60. The molecule has 2 aromatic heterocycles. The zero-order valence-electron chi connectivity index (χ0n) is 12.4. The van der Waals surface area contributed by atoms with Crippen molar-refractivity contribution in [2.75, 3.05) is 5.32 Å². The van der Waals surface area contributed by atoms with E-state index in [0.717, 1.165) is 21.1 Å². The molecule has 0 saturated heterocycles. The number of benzene rings is 2. The maximum atomic E-state index is 9.61. The van der Waals surface area contributed by atoms with Crippen LogP contribution in [0.2, 0.25) is 0 Å². The van der Waals surface area contributed by atoms with Crippen LogP contribution < -0.4 is 5.32 Å². The van der Waals surface area contributed by atoms with Crippen molar-refractivity contribution in [3.8, 4) is 17.1 Å². The van der Waals surface area contributed by atoms with Crippen LogP contribution in [0.15, 0.2) is 69.8 Å². The molecule has 0 atom stereocenters. The van der Waals surface area contributed by atoms with Gasteiger partial charge in [0.25, 0.3) is 0 Å². The van der Waals surface area contributed by atoms with Crippen molar-refractivity contribution in [1.29, 1.82) is 0 Å². The van der Waals surface area contributed by atoms with Crippen molar-refractivity contribution in [1.82, 2.24) is 9.97 Å². The van der Waals surface area contributed by atoms with Gasteiger partial charge >= 0.3 is 0 Å². The zero-order chi connectivity index (χ0) is 16.5. The summed E-state index contributed by atoms with van der Waals surface area (Å²) in [7, 11) is 0. The average molecular weight is 382 g/mol. The summed E-state index contributed by atoms with van der Waals surface area (Å²) in [6.07, 6.45) is 1.44. The van der Waals surface area contributed by atoms with E-state index in [9.17, 15) is 5.11 Å². The molecule has 118 valence electrons. The number of nitrogens with one attached hydrogen (secondary N) is 1. The number of aromatic hydroxyl groups is 1. The maximum absolute atomic E-state index is 9.61. The van der Waals surface area contributed by atoms with E-state index in [-0.39, 0.29) is 5.75 Å². The van der Waals surface area contributed by atoms with Gasteiger partial charge in [0.1, 0.15) is 17.9 Å². The summed E-state index contributed by atoms with van der Waals surface area (Å²) < 4.78 is 6.68. The first-order valence-corrected chi connectivity index (χ1v) is 8.06. The Balaban J connectivity index is 1.84. The van der Waals surface area contributed by atoms with Crippen molar-refractivity contribution >= 4 is 38.5 Å². The Morgan fingerprint density at radius 2 is 1.83 bits per heavy atom. The summed E-state index contributed by atoms with van der Waals surface area (Å²) in [5, 5.41) is 13.6. The maximum Gasteiger partial charge on any atom is 0.233 e. The smallest absolute Gasteiger partial charge is 0.233 e. The average Bonchev–Trinajstić information content (AvgIpc) is 2.94. The van der Waals surface area contributed by atoms with Crippen LogP contribution in [-0.4, -0.2) is 15.1 Å². The van der Waals surface area contributed by atoms with Crippen LogP contribution >= 0.6 is 15.9 Å². The van der Waals surface area contributed by atoms with E-state index in [0.29, 0.717) is 17.3 Å². The number of furan rings is 1. The summed E-state index contributed by atoms with van der Waals surface area (Å²) in [6.45, 7) is 0. The summed E-state index contributed by atoms with van der Waals surface area (Å²) in [6, 6.07) is 16.6. The van der Waals surface area contributed by atoms with Crippen LogP contribution in [0.4, 0.5) is 11.5 Å². The molecule has 4 rings (SSSR count). The number of hydrogen-bond acceptors (Lipinski definition) is 5. The number of hydrogen-bond donors (Lipinski definition) is 2. The second-order valence-corrected chi connectivity index (χ2v) is 5.98. The predicted octanol–water partition coefficient (Wildman–Crippen LogP) is 5.10. The molecule has 0 spiro atoms. The van der Waals surface area contributed by atoms with E-state index in [1.165, 1.54) is 6.33 Å². The van der Waals surface area contributed by atoms with Crippen LogP contribution in [0, 0.1) is 0 Å². The van der Waals surface area contributed by atoms with Gasteiger partial charge in [0.15, 0.2) is 5.76 Å². The van der Waals surface area contributed by atoms with Gasteiger partial charge in [-0.15, -0.1) is 0 Å². The van der Waals surface area contributed by atoms with Gasteiger partial charge in [-0.3, -0.25) is 0 Å². The molecule has 0 radical (unpaired) electrons. The van der Waals surface area contributed by atoms with Crippen LogP contribution in [-0.2, 0) is 0 Å². The molecule has 5 nitrogen and oxygen atoms in total. The fraction of sp³-hybridized carbons (Fsp3) is 0. The highest BCUT2D eigenvalue weighted by Gasteiger charge is 2.18. The van der Waals surface area contributed by atoms with Crippen LogP contribution in [0.5, 0.6) is 5.75 Å². The summed E-state index contributed by atoms with van der Waals surface area (Å²) in [5.74, 6) is 1.48. The molecule has 0 fully saturated rings. The second-order valence-electron chi connectivity index (χ2n) is 5.19. The lowest BCUT2D eigenvalue weighted by Crippen LogP contribution is -1.94. The van der Waals surface area contributed by atoms with E-state index < -0.39 is 0 Å². The van der Waals surface area contributed by atoms with E-state index >= 15 is 0 Å². The van der Waals surface area contributed by atoms with Gasteiger partial charge in [-0.25, -0.2) is 9.97 Å². The van der Waals surface area contributed by atoms with E-state index in [4.69, 9.17) is 4.42 Å². The first-order chi connectivity index (χ1) is 11.7. The lowest BCUT2D eigenvalue weighted by Gasteiger charge is -2.06. The van der Waals surface area contributed by atoms with Gasteiger partial charge in [-0.05, 0) is 28.1 Å². The topological polar surface area (TPSA) is 71.2 Å². The molecule has 2 heterocycles. The fourth-order valence-corrected chi connectivity index (χ4v) is 3.16. The van der Waals surface area contributed by atoms with Crippen molar-refractivity contribution in [2.24, 2.45) is 0 Å². The Morgan fingerprint density at radius 3 is 2.62 bits per heavy atom. The Hall–Kier alpha value is -2.86. The SMILES string of the molecule is Oc1cccc(Nc2ncnc3oc(-c4ccccc4)c(Br)c23)c1. The molecule has 0 amide bonds. The first kappa shape index (κ1) is 14.7. The van der Waals surface area contributed by atoms with Gasteiger partial charge < -0.3 is 14.8 Å². The lowest BCUT2D eigenvalue weighted by molar-refractivity contribution is 0.475. The Kier molecular flexibility index (Phi) is 3.66. The van der Waals surface area contributed by atoms with Crippen molar-refractivity contribution < 1.29 is 9.52 Å². The molecule has 2 aromatic carbocycles. The van der Waals surface area contributed by atoms with E-state index in [1.54, 1.807) is 18.2 Å². The third-order valence-corrected chi connectivity index (χ3v) is 4.33. The number of halogens is 1. The molecule has 0 aliphatic rings. The standard InChI is InChI=1S/C18H12BrN3O2/c19-15-14-17(22-12-7-4-8-13(23)9-12)20-10-21-18(14)24-16(15)11-5-2-1-3-6-11/h1-10,23H,(H,20,21,22). The molecule has 4 aromatic rings. The molecule has 0 aliphatic heterocycles. The monoisotopic (exact) mass is 381 g/mol. The Bertz CT molecular complexity index is 1020. The second kappa shape index (κ2) is 5.98. The number of fused-ring (bicyclic) bond motifs is 1. The minimum absolute atomic E-state index is 0.182. The highest BCUT2D eigenvalue weighted by molar-refractivity contribution is 9.10. The minimum atomic E-state index is 0.182. The Morgan fingerprint density at radius 1 is 1.00 bits per heavy atom. The quantitative estimate of drug-likeness (QED) is 0.516. The molecule has 24 heavy (non-hydrogen) atoms. The normalized spacial score (nSPS) is 10.9. The third kappa shape index (κ3) is 2.61. The Labute approximate surface area is 146 Å². The molecule has 0 aliphatic carbocycles. The van der Waals surface area contributed by atoms with Gasteiger partial charge in [0, 0.05) is 17.3 Å². The van der Waals surface area contributed by atoms with Gasteiger partial charge in [-0.1, -0.05) is 36.4 Å². The summed E-state index contributed by atoms with van der Waals surface area (Å²) in [4.78, 5) is 8.52. The van der Waals surface area contributed by atoms with Gasteiger partial charge in [0.2, 0.25) is 5.71 Å². The number of phenolic OH excluding ortho intramolecular Hbond substituents is 1. The van der Waals surface area contributed by atoms with Crippen LogP contribution in [0.3, 0.4) is 0 Å². The number of phenols is 1. The number of anilines is 2. The molecule has 0 saturated carbocycles. The first-order valence-electron chi connectivity index (χ1n) is 7.27. The third-order valence-electron chi connectivity index (χ3n) is 3.57. The molecule has 0 bridgehead atoms. The lowest BCUT2D eigenvalue weighted by atomic mass is 10.1. The molecule has 0 unspecified atom stereocenters. The highest BCUT2D eigenvalue weighted by atomic mass is 79.9. The number of rotatable bonds is 3. The van der Waals surface area contributed by atoms with Gasteiger partial charge in [0.05, 0.1) is 9.86 Å². The van der Waals surface area contributed by atoms with E-state index in [2.05, 4.69) is 31.2 Å². The van der Waals surface area contributed by atoms with Crippen LogP contribution in [0.25, 0.3) is 22.4 Å². The minimum Gasteiger partial charge on any atom is -0.508 e. The fourth-order valence-electron chi connectivity index (χ4n) is 2.49. The van der Waals surface area contributed by atoms with Crippen molar-refractivity contribution in [2.45, 2.75) is 0 Å². The molecular formula is C18H12BrN3O2. The van der Waals surface area contributed by atoms with Crippen molar-refractivity contribution in [3.63, 3.8) is 0 Å². The molecule has 6 heteroatoms. The van der Waals surface area contributed by atoms with Gasteiger partial charge in [-0.2, -0.15) is 0 Å². The molecule has 2 N–H and O–H groups in total. The van der Waals surface area contributed by atoms with Crippen molar-refractivity contribution in [3.05, 3.63) is 65.4 Å².